The van der Waals surface area contributed by atoms with Gasteiger partial charge in [0.2, 0.25) is 0 Å². The number of hydrogen-bond donors (Lipinski definition) is 1. The Morgan fingerprint density at radius 3 is 2.73 bits per heavy atom. The lowest BCUT2D eigenvalue weighted by Gasteiger charge is -2.27. The Hall–Kier alpha value is -2.86. The third kappa shape index (κ3) is 3.41. The van der Waals surface area contributed by atoms with Gasteiger partial charge in [-0.05, 0) is 31.2 Å². The smallest absolute Gasteiger partial charge is 0.253 e. The summed E-state index contributed by atoms with van der Waals surface area (Å²) >= 11 is 0. The first kappa shape index (κ1) is 16.6. The van der Waals surface area contributed by atoms with Gasteiger partial charge in [0, 0.05) is 24.7 Å². The number of benzene rings is 1. The summed E-state index contributed by atoms with van der Waals surface area (Å²) in [4.78, 5) is 19.1. The predicted molar refractivity (Wildman–Crippen MR) is 99.4 cm³/mol. The predicted octanol–water partition coefficient (Wildman–Crippen LogP) is 3.16. The van der Waals surface area contributed by atoms with Crippen LogP contribution in [0.3, 0.4) is 0 Å². The van der Waals surface area contributed by atoms with Crippen LogP contribution >= 0.6 is 0 Å². The van der Waals surface area contributed by atoms with Gasteiger partial charge in [0.25, 0.3) is 5.91 Å². The van der Waals surface area contributed by atoms with E-state index >= 15 is 0 Å². The van der Waals surface area contributed by atoms with Crippen molar-refractivity contribution < 1.29 is 13.9 Å². The zero-order valence-electron chi connectivity index (χ0n) is 14.6. The fraction of sp³-hybridized carbons (Fsp3) is 0.300. The highest BCUT2D eigenvalue weighted by molar-refractivity contribution is 5.94. The first-order valence-electron chi connectivity index (χ1n) is 8.79. The Morgan fingerprint density at radius 1 is 1.19 bits per heavy atom. The average Bonchev–Trinajstić information content (AvgIpc) is 3.13. The van der Waals surface area contributed by atoms with Gasteiger partial charge in [-0.2, -0.15) is 0 Å². The topological polar surface area (TPSA) is 67.6 Å². The van der Waals surface area contributed by atoms with Gasteiger partial charge in [-0.1, -0.05) is 18.2 Å². The number of aromatic nitrogens is 1. The standard InChI is InChI=1S/C20H21N3O3/c1-14(18-12-15-4-2-3-5-17(15)26-18)22-20(24)16-6-7-19(21-13-16)23-8-10-25-11-9-23/h2-7,12-14H,8-11H2,1H3,(H,22,24). The highest BCUT2D eigenvalue weighted by Crippen LogP contribution is 2.24. The van der Waals surface area contributed by atoms with E-state index in [1.807, 2.05) is 43.3 Å². The largest absolute Gasteiger partial charge is 0.459 e. The van der Waals surface area contributed by atoms with Crippen molar-refractivity contribution in [2.24, 2.45) is 0 Å². The molecule has 6 nitrogen and oxygen atoms in total. The lowest BCUT2D eigenvalue weighted by Crippen LogP contribution is -2.36. The summed E-state index contributed by atoms with van der Waals surface area (Å²) in [7, 11) is 0. The van der Waals surface area contributed by atoms with Crippen molar-refractivity contribution in [3.05, 3.63) is 60.0 Å². The van der Waals surface area contributed by atoms with Gasteiger partial charge in [-0.15, -0.1) is 0 Å². The summed E-state index contributed by atoms with van der Waals surface area (Å²) in [6.07, 6.45) is 1.62. The van der Waals surface area contributed by atoms with E-state index in [2.05, 4.69) is 15.2 Å². The number of nitrogens with one attached hydrogen (secondary N) is 1. The molecular weight excluding hydrogens is 330 g/mol. The zero-order valence-corrected chi connectivity index (χ0v) is 14.6. The van der Waals surface area contributed by atoms with Crippen LogP contribution in [0.25, 0.3) is 11.0 Å². The van der Waals surface area contributed by atoms with Crippen molar-refractivity contribution in [2.45, 2.75) is 13.0 Å². The molecular formula is C20H21N3O3. The van der Waals surface area contributed by atoms with E-state index in [0.29, 0.717) is 18.8 Å². The van der Waals surface area contributed by atoms with Gasteiger partial charge in [0.1, 0.15) is 17.2 Å². The van der Waals surface area contributed by atoms with Crippen LogP contribution < -0.4 is 10.2 Å². The highest BCUT2D eigenvalue weighted by Gasteiger charge is 2.17. The zero-order chi connectivity index (χ0) is 17.9. The number of furan rings is 1. The van der Waals surface area contributed by atoms with Crippen LogP contribution in [0.1, 0.15) is 29.1 Å². The molecule has 3 heterocycles. The van der Waals surface area contributed by atoms with Gasteiger partial charge < -0.3 is 19.4 Å². The second-order valence-corrected chi connectivity index (χ2v) is 6.39. The second-order valence-electron chi connectivity index (χ2n) is 6.39. The molecule has 0 aliphatic carbocycles. The number of fused-ring (bicyclic) bond motifs is 1. The highest BCUT2D eigenvalue weighted by atomic mass is 16.5. The number of carbonyl (C=O) groups excluding carboxylic acids is 1. The van der Waals surface area contributed by atoms with E-state index in [1.54, 1.807) is 12.3 Å². The van der Waals surface area contributed by atoms with E-state index in [0.717, 1.165) is 35.6 Å². The van der Waals surface area contributed by atoms with E-state index in [4.69, 9.17) is 9.15 Å². The fourth-order valence-corrected chi connectivity index (χ4v) is 3.07. The molecule has 0 spiro atoms. The molecule has 26 heavy (non-hydrogen) atoms. The summed E-state index contributed by atoms with van der Waals surface area (Å²) < 4.78 is 11.2. The third-order valence-corrected chi connectivity index (χ3v) is 4.56. The van der Waals surface area contributed by atoms with Gasteiger partial charge in [-0.25, -0.2) is 4.98 Å². The van der Waals surface area contributed by atoms with Gasteiger partial charge in [-0.3, -0.25) is 4.79 Å². The van der Waals surface area contributed by atoms with Crippen LogP contribution in [0.15, 0.2) is 53.1 Å². The van der Waals surface area contributed by atoms with E-state index in [-0.39, 0.29) is 11.9 Å². The molecule has 3 aromatic rings. The molecule has 1 aromatic carbocycles. The number of pyridine rings is 1. The molecule has 6 heteroatoms. The van der Waals surface area contributed by atoms with Crippen molar-refractivity contribution in [1.82, 2.24) is 10.3 Å². The van der Waals surface area contributed by atoms with Crippen LogP contribution in [-0.2, 0) is 4.74 Å². The quantitative estimate of drug-likeness (QED) is 0.782. The fourth-order valence-electron chi connectivity index (χ4n) is 3.07. The van der Waals surface area contributed by atoms with E-state index < -0.39 is 0 Å². The molecule has 1 atom stereocenters. The number of nitrogens with zero attached hydrogens (tertiary/aromatic N) is 2. The van der Waals surface area contributed by atoms with Crippen molar-refractivity contribution in [3.8, 4) is 0 Å². The Balaban J connectivity index is 1.43. The van der Waals surface area contributed by atoms with Crippen LogP contribution in [0, 0.1) is 0 Å². The van der Waals surface area contributed by atoms with Crippen molar-refractivity contribution in [2.75, 3.05) is 31.2 Å². The second kappa shape index (κ2) is 7.17. The number of morpholine rings is 1. The van der Waals surface area contributed by atoms with Gasteiger partial charge >= 0.3 is 0 Å². The van der Waals surface area contributed by atoms with Crippen LogP contribution in [0.5, 0.6) is 0 Å². The normalized spacial score (nSPS) is 15.8. The number of anilines is 1. The average molecular weight is 351 g/mol. The molecule has 1 fully saturated rings. The lowest BCUT2D eigenvalue weighted by atomic mass is 10.2. The molecule has 134 valence electrons. The van der Waals surface area contributed by atoms with E-state index in [1.165, 1.54) is 0 Å². The third-order valence-electron chi connectivity index (χ3n) is 4.56. The summed E-state index contributed by atoms with van der Waals surface area (Å²) in [6, 6.07) is 13.2. The van der Waals surface area contributed by atoms with Crippen molar-refractivity contribution >= 4 is 22.7 Å². The molecule has 0 bridgehead atoms. The van der Waals surface area contributed by atoms with Gasteiger partial charge in [0.05, 0.1) is 24.8 Å². The molecule has 0 radical (unpaired) electrons. The number of carbonyl (C=O) groups is 1. The maximum absolute atomic E-state index is 12.5. The van der Waals surface area contributed by atoms with Crippen LogP contribution in [-0.4, -0.2) is 37.2 Å². The summed E-state index contributed by atoms with van der Waals surface area (Å²) in [5.41, 5.74) is 1.35. The number of amides is 1. The number of ether oxygens (including phenoxy) is 1. The molecule has 1 N–H and O–H groups in total. The van der Waals surface area contributed by atoms with Crippen molar-refractivity contribution in [1.29, 1.82) is 0 Å². The number of hydrogen-bond acceptors (Lipinski definition) is 5. The van der Waals surface area contributed by atoms with Crippen LogP contribution in [0.4, 0.5) is 5.82 Å². The first-order valence-corrected chi connectivity index (χ1v) is 8.79. The molecule has 1 aliphatic rings. The molecule has 1 amide bonds. The van der Waals surface area contributed by atoms with Crippen LogP contribution in [0.2, 0.25) is 0 Å². The molecule has 2 aromatic heterocycles. The summed E-state index contributed by atoms with van der Waals surface area (Å²) in [6.45, 7) is 4.96. The Labute approximate surface area is 151 Å². The molecule has 4 rings (SSSR count). The molecule has 1 aliphatic heterocycles. The Bertz CT molecular complexity index is 865. The van der Waals surface area contributed by atoms with E-state index in [9.17, 15) is 4.79 Å². The monoisotopic (exact) mass is 351 g/mol. The minimum atomic E-state index is -0.228. The lowest BCUT2D eigenvalue weighted by molar-refractivity contribution is 0.0935. The van der Waals surface area contributed by atoms with Crippen molar-refractivity contribution in [3.63, 3.8) is 0 Å². The van der Waals surface area contributed by atoms with Gasteiger partial charge in [0.15, 0.2) is 0 Å². The summed E-state index contributed by atoms with van der Waals surface area (Å²) in [5.74, 6) is 1.44. The summed E-state index contributed by atoms with van der Waals surface area (Å²) in [5, 5.41) is 3.99. The first-order chi connectivity index (χ1) is 12.7. The number of rotatable bonds is 4. The maximum Gasteiger partial charge on any atom is 0.253 e. The molecule has 1 saturated heterocycles. The number of para-hydroxylation sites is 1. The molecule has 0 saturated carbocycles. The Kier molecular flexibility index (Phi) is 4.58. The minimum absolute atomic E-state index is 0.168. The SMILES string of the molecule is CC(NC(=O)c1ccc(N2CCOCC2)nc1)c1cc2ccccc2o1. The molecule has 1 unspecified atom stereocenters. The Morgan fingerprint density at radius 2 is 2.00 bits per heavy atom. The minimum Gasteiger partial charge on any atom is -0.459 e. The maximum atomic E-state index is 12.5.